The second-order valence-corrected chi connectivity index (χ2v) is 7.26. The summed E-state index contributed by atoms with van der Waals surface area (Å²) in [4.78, 5) is 4.23. The average Bonchev–Trinajstić information content (AvgIpc) is 2.39. The van der Waals surface area contributed by atoms with Crippen molar-refractivity contribution in [1.82, 2.24) is 18.8 Å². The largest absolute Gasteiger partial charge is 0.370 e. The van der Waals surface area contributed by atoms with E-state index in [9.17, 15) is 8.42 Å². The molecule has 0 aromatic rings. The lowest BCUT2D eigenvalue weighted by Gasteiger charge is -2.32. The van der Waals surface area contributed by atoms with Crippen LogP contribution in [-0.2, 0) is 10.2 Å². The first-order chi connectivity index (χ1) is 9.38. The second kappa shape index (κ2) is 6.15. The van der Waals surface area contributed by atoms with Gasteiger partial charge in [0.25, 0.3) is 0 Å². The van der Waals surface area contributed by atoms with Gasteiger partial charge >= 0.3 is 10.2 Å². The van der Waals surface area contributed by atoms with Gasteiger partial charge in [0.1, 0.15) is 0 Å². The van der Waals surface area contributed by atoms with Crippen molar-refractivity contribution in [2.24, 2.45) is 0 Å². The molecule has 20 heavy (non-hydrogen) atoms. The standard InChI is InChI=1S/C13H24N4O2S.H2/c1-12(2)16-6-4-5-13(11-16)14-20(18,19)17-9-7-15(3)8-10-17;/h4-5,11-12,14H,6-10H2,1-3H3;1H. The van der Waals surface area contributed by atoms with Crippen LogP contribution in [0.25, 0.3) is 0 Å². The van der Waals surface area contributed by atoms with E-state index in [-0.39, 0.29) is 1.43 Å². The summed E-state index contributed by atoms with van der Waals surface area (Å²) in [6.07, 6.45) is 5.67. The van der Waals surface area contributed by atoms with Crippen LogP contribution in [-0.4, -0.2) is 68.3 Å². The van der Waals surface area contributed by atoms with Crippen LogP contribution in [0.4, 0.5) is 0 Å². The number of allylic oxidation sites excluding steroid dienone is 1. The van der Waals surface area contributed by atoms with Crippen LogP contribution in [0.2, 0.25) is 0 Å². The molecule has 0 radical (unpaired) electrons. The molecular formula is C13H26N4O2S. The minimum atomic E-state index is -3.45. The maximum absolute atomic E-state index is 12.3. The first kappa shape index (κ1) is 15.3. The Morgan fingerprint density at radius 1 is 1.25 bits per heavy atom. The Balaban J connectivity index is 0.00000220. The number of hydrogen-bond acceptors (Lipinski definition) is 4. The molecule has 1 N–H and O–H groups in total. The number of hydrogen-bond donors (Lipinski definition) is 1. The van der Waals surface area contributed by atoms with E-state index >= 15 is 0 Å². The maximum Gasteiger partial charge on any atom is 0.301 e. The zero-order valence-electron chi connectivity index (χ0n) is 12.4. The van der Waals surface area contributed by atoms with E-state index in [0.717, 1.165) is 19.6 Å². The van der Waals surface area contributed by atoms with E-state index in [2.05, 4.69) is 28.4 Å². The first-order valence-electron chi connectivity index (χ1n) is 6.99. The van der Waals surface area contributed by atoms with E-state index < -0.39 is 10.2 Å². The van der Waals surface area contributed by atoms with Gasteiger partial charge < -0.3 is 9.80 Å². The fraction of sp³-hybridized carbons (Fsp3) is 0.692. The highest BCUT2D eigenvalue weighted by Crippen LogP contribution is 2.12. The molecule has 2 rings (SSSR count). The molecule has 0 atom stereocenters. The fourth-order valence-corrected chi connectivity index (χ4v) is 3.43. The van der Waals surface area contributed by atoms with Gasteiger partial charge in [-0.25, -0.2) is 0 Å². The normalized spacial score (nSPS) is 22.2. The van der Waals surface area contributed by atoms with Crippen LogP contribution in [0.5, 0.6) is 0 Å². The molecule has 1 fully saturated rings. The summed E-state index contributed by atoms with van der Waals surface area (Å²) in [6, 6.07) is 0.350. The molecule has 0 bridgehead atoms. The summed E-state index contributed by atoms with van der Waals surface area (Å²) in [5.41, 5.74) is 0.629. The molecule has 2 aliphatic rings. The Hall–Kier alpha value is -1.05. The highest BCUT2D eigenvalue weighted by atomic mass is 32.2. The topological polar surface area (TPSA) is 55.9 Å². The molecular weight excluding hydrogens is 276 g/mol. The van der Waals surface area contributed by atoms with E-state index in [1.54, 1.807) is 0 Å². The van der Waals surface area contributed by atoms with E-state index in [1.165, 1.54) is 4.31 Å². The number of likely N-dealkylation sites (N-methyl/N-ethyl adjacent to an activating group) is 1. The molecule has 7 heteroatoms. The third-order valence-electron chi connectivity index (χ3n) is 3.63. The first-order valence-corrected chi connectivity index (χ1v) is 8.43. The lowest BCUT2D eigenvalue weighted by Crippen LogP contribution is -2.50. The molecule has 2 aliphatic heterocycles. The monoisotopic (exact) mass is 302 g/mol. The fourth-order valence-electron chi connectivity index (χ4n) is 2.24. The van der Waals surface area contributed by atoms with Gasteiger partial charge in [-0.3, -0.25) is 4.72 Å². The van der Waals surface area contributed by atoms with Gasteiger partial charge in [-0.2, -0.15) is 12.7 Å². The van der Waals surface area contributed by atoms with Crippen molar-refractivity contribution in [3.8, 4) is 0 Å². The van der Waals surface area contributed by atoms with Crippen molar-refractivity contribution < 1.29 is 9.84 Å². The molecule has 0 aromatic carbocycles. The molecule has 2 heterocycles. The van der Waals surface area contributed by atoms with Crippen LogP contribution in [0, 0.1) is 0 Å². The number of nitrogens with one attached hydrogen (secondary N) is 1. The molecule has 0 spiro atoms. The highest BCUT2D eigenvalue weighted by molar-refractivity contribution is 7.87. The minimum Gasteiger partial charge on any atom is -0.370 e. The summed E-state index contributed by atoms with van der Waals surface area (Å²) in [6.45, 7) is 7.61. The Kier molecular flexibility index (Phi) is 4.72. The van der Waals surface area contributed by atoms with Crippen LogP contribution < -0.4 is 4.72 Å². The van der Waals surface area contributed by atoms with Crippen LogP contribution in [0.1, 0.15) is 15.3 Å². The summed E-state index contributed by atoms with van der Waals surface area (Å²) in [7, 11) is -1.44. The Morgan fingerprint density at radius 3 is 2.50 bits per heavy atom. The molecule has 0 unspecified atom stereocenters. The maximum atomic E-state index is 12.3. The average molecular weight is 302 g/mol. The van der Waals surface area contributed by atoms with Gasteiger partial charge in [0.15, 0.2) is 0 Å². The zero-order chi connectivity index (χ0) is 14.8. The summed E-state index contributed by atoms with van der Waals surface area (Å²) in [5.74, 6) is 0. The van der Waals surface area contributed by atoms with Gasteiger partial charge in [-0.1, -0.05) is 6.08 Å². The second-order valence-electron chi connectivity index (χ2n) is 5.59. The summed E-state index contributed by atoms with van der Waals surface area (Å²) < 4.78 is 28.9. The number of rotatable bonds is 4. The minimum absolute atomic E-state index is 0. The Labute approximate surface area is 123 Å². The lowest BCUT2D eigenvalue weighted by molar-refractivity contribution is 0.221. The quantitative estimate of drug-likeness (QED) is 0.818. The van der Waals surface area contributed by atoms with Gasteiger partial charge in [-0.05, 0) is 27.0 Å². The van der Waals surface area contributed by atoms with Gasteiger partial charge in [0.05, 0.1) is 5.70 Å². The smallest absolute Gasteiger partial charge is 0.301 e. The highest BCUT2D eigenvalue weighted by Gasteiger charge is 2.26. The molecule has 0 saturated carbocycles. The van der Waals surface area contributed by atoms with Crippen molar-refractivity contribution in [3.05, 3.63) is 24.0 Å². The Morgan fingerprint density at radius 2 is 1.90 bits per heavy atom. The van der Waals surface area contributed by atoms with Crippen molar-refractivity contribution >= 4 is 10.2 Å². The van der Waals surface area contributed by atoms with E-state index in [0.29, 0.717) is 24.8 Å². The SMILES string of the molecule is CC(C)N1C=C(NS(=O)(=O)N2CCN(C)CC2)C=CC1.[HH]. The molecule has 6 nitrogen and oxygen atoms in total. The Bertz CT molecular complexity index is 496. The predicted molar refractivity (Wildman–Crippen MR) is 82.3 cm³/mol. The predicted octanol–water partition coefficient (Wildman–Crippen LogP) is 0.436. The molecule has 116 valence electrons. The van der Waals surface area contributed by atoms with Crippen LogP contribution in [0.3, 0.4) is 0 Å². The van der Waals surface area contributed by atoms with Crippen LogP contribution >= 0.6 is 0 Å². The molecule has 1 saturated heterocycles. The van der Waals surface area contributed by atoms with Crippen molar-refractivity contribution in [1.29, 1.82) is 0 Å². The summed E-state index contributed by atoms with van der Waals surface area (Å²) >= 11 is 0. The van der Waals surface area contributed by atoms with Gasteiger partial charge in [-0.15, -0.1) is 0 Å². The molecule has 0 aliphatic carbocycles. The third kappa shape index (κ3) is 3.74. The van der Waals surface area contributed by atoms with E-state index in [4.69, 9.17) is 0 Å². The number of nitrogens with zero attached hydrogens (tertiary/aromatic N) is 3. The van der Waals surface area contributed by atoms with Gasteiger partial charge in [0, 0.05) is 46.4 Å². The van der Waals surface area contributed by atoms with E-state index in [1.807, 2.05) is 25.4 Å². The van der Waals surface area contributed by atoms with Crippen molar-refractivity contribution in [2.45, 2.75) is 19.9 Å². The molecule has 0 aromatic heterocycles. The van der Waals surface area contributed by atoms with Crippen molar-refractivity contribution in [3.63, 3.8) is 0 Å². The third-order valence-corrected chi connectivity index (χ3v) is 5.17. The summed E-state index contributed by atoms with van der Waals surface area (Å²) in [5, 5.41) is 0. The lowest BCUT2D eigenvalue weighted by atomic mass is 10.2. The molecule has 0 amide bonds. The van der Waals surface area contributed by atoms with Gasteiger partial charge in [0.2, 0.25) is 0 Å². The van der Waals surface area contributed by atoms with Crippen LogP contribution in [0.15, 0.2) is 24.0 Å². The zero-order valence-corrected chi connectivity index (χ0v) is 13.2. The number of piperazine rings is 1. The van der Waals surface area contributed by atoms with Crippen molar-refractivity contribution in [2.75, 3.05) is 39.8 Å².